The molecule has 0 spiro atoms. The number of fused-ring (bicyclic) bond motifs is 1. The first kappa shape index (κ1) is 14.4. The van der Waals surface area contributed by atoms with Gasteiger partial charge in [0.15, 0.2) is 11.5 Å². The highest BCUT2D eigenvalue weighted by atomic mass is 35.5. The van der Waals surface area contributed by atoms with Crippen LogP contribution in [-0.2, 0) is 9.59 Å². The molecule has 1 aromatic carbocycles. The third-order valence-electron chi connectivity index (χ3n) is 2.65. The van der Waals surface area contributed by atoms with Gasteiger partial charge in [0.25, 0.3) is 0 Å². The molecule has 20 heavy (non-hydrogen) atoms. The zero-order chi connectivity index (χ0) is 14.7. The molecule has 0 saturated carbocycles. The predicted octanol–water partition coefficient (Wildman–Crippen LogP) is 0.252. The van der Waals surface area contributed by atoms with Crippen LogP contribution in [0.3, 0.4) is 0 Å². The minimum absolute atomic E-state index is 0.242. The van der Waals surface area contributed by atoms with Crippen LogP contribution in [0.15, 0.2) is 12.1 Å². The van der Waals surface area contributed by atoms with E-state index in [1.54, 1.807) is 12.1 Å². The van der Waals surface area contributed by atoms with E-state index in [-0.39, 0.29) is 11.4 Å². The zero-order valence-corrected chi connectivity index (χ0v) is 11.3. The monoisotopic (exact) mass is 299 g/mol. The lowest BCUT2D eigenvalue weighted by atomic mass is 10.2. The third-order valence-corrected chi connectivity index (χ3v) is 2.96. The molecule has 1 heterocycles. The highest BCUT2D eigenvalue weighted by Crippen LogP contribution is 2.37. The molecule has 0 fully saturated rings. The summed E-state index contributed by atoms with van der Waals surface area (Å²) in [5.41, 5.74) is 10.9. The minimum Gasteiger partial charge on any atom is -0.486 e. The van der Waals surface area contributed by atoms with Gasteiger partial charge in [-0.3, -0.25) is 9.59 Å². The Hall–Kier alpha value is -1.99. The third kappa shape index (κ3) is 3.31. The number of nitrogens with one attached hydrogen (secondary N) is 1. The number of benzene rings is 1. The summed E-state index contributed by atoms with van der Waals surface area (Å²) < 4.78 is 10.7. The molecule has 5 N–H and O–H groups in total. The van der Waals surface area contributed by atoms with Gasteiger partial charge in [-0.2, -0.15) is 0 Å². The fraction of sp³-hybridized carbons (Fsp3) is 0.333. The molecule has 2 rings (SSSR count). The van der Waals surface area contributed by atoms with Crippen molar-refractivity contribution in [3.63, 3.8) is 0 Å². The van der Waals surface area contributed by atoms with E-state index < -0.39 is 17.9 Å². The maximum Gasteiger partial charge on any atom is 0.241 e. The number of anilines is 1. The topological polar surface area (TPSA) is 117 Å². The molecular weight excluding hydrogens is 286 g/mol. The van der Waals surface area contributed by atoms with Gasteiger partial charge in [0, 0.05) is 12.1 Å². The smallest absolute Gasteiger partial charge is 0.241 e. The Morgan fingerprint density at radius 2 is 1.90 bits per heavy atom. The average Bonchev–Trinajstić information content (AvgIpc) is 2.38. The van der Waals surface area contributed by atoms with E-state index >= 15 is 0 Å². The van der Waals surface area contributed by atoms with Crippen LogP contribution in [0.5, 0.6) is 11.5 Å². The molecule has 1 aromatic rings. The Morgan fingerprint density at radius 3 is 2.50 bits per heavy atom. The molecule has 7 nitrogen and oxygen atoms in total. The highest BCUT2D eigenvalue weighted by Gasteiger charge is 2.20. The van der Waals surface area contributed by atoms with Crippen molar-refractivity contribution in [2.45, 2.75) is 12.5 Å². The van der Waals surface area contributed by atoms with Gasteiger partial charge < -0.3 is 26.3 Å². The molecule has 0 aliphatic carbocycles. The maximum atomic E-state index is 11.8. The Morgan fingerprint density at radius 1 is 1.30 bits per heavy atom. The number of primary amides is 1. The van der Waals surface area contributed by atoms with Crippen molar-refractivity contribution in [3.05, 3.63) is 17.2 Å². The number of hydrogen-bond acceptors (Lipinski definition) is 5. The average molecular weight is 300 g/mol. The molecule has 0 saturated heterocycles. The summed E-state index contributed by atoms with van der Waals surface area (Å²) >= 11 is 6.03. The Balaban J connectivity index is 2.13. The summed E-state index contributed by atoms with van der Waals surface area (Å²) in [7, 11) is 0. The molecule has 1 aliphatic rings. The summed E-state index contributed by atoms with van der Waals surface area (Å²) in [6, 6.07) is 2.06. The Bertz CT molecular complexity index is 550. The number of carbonyl (C=O) groups is 2. The lowest BCUT2D eigenvalue weighted by Crippen LogP contribution is -2.39. The Labute approximate surface area is 120 Å². The molecule has 0 radical (unpaired) electrons. The highest BCUT2D eigenvalue weighted by molar-refractivity contribution is 6.34. The van der Waals surface area contributed by atoms with E-state index in [1.807, 2.05) is 0 Å². The summed E-state index contributed by atoms with van der Waals surface area (Å²) in [5.74, 6) is -0.205. The first-order valence-electron chi connectivity index (χ1n) is 5.91. The lowest BCUT2D eigenvalue weighted by Gasteiger charge is -2.20. The quantitative estimate of drug-likeness (QED) is 0.737. The van der Waals surface area contributed by atoms with E-state index in [2.05, 4.69) is 5.32 Å². The first-order valence-corrected chi connectivity index (χ1v) is 6.29. The zero-order valence-electron chi connectivity index (χ0n) is 10.5. The Kier molecular flexibility index (Phi) is 4.31. The van der Waals surface area contributed by atoms with Crippen molar-refractivity contribution in [3.8, 4) is 11.5 Å². The van der Waals surface area contributed by atoms with Crippen LogP contribution in [0.2, 0.25) is 5.02 Å². The number of carbonyl (C=O) groups excluding carboxylic acids is 2. The predicted molar refractivity (Wildman–Crippen MR) is 72.9 cm³/mol. The second kappa shape index (κ2) is 5.98. The summed E-state index contributed by atoms with van der Waals surface area (Å²) in [6.07, 6.45) is -0.242. The summed E-state index contributed by atoms with van der Waals surface area (Å²) in [4.78, 5) is 22.5. The van der Waals surface area contributed by atoms with Gasteiger partial charge in [0.2, 0.25) is 11.8 Å². The normalized spacial score (nSPS) is 14.5. The van der Waals surface area contributed by atoms with Crippen molar-refractivity contribution in [1.29, 1.82) is 0 Å². The van der Waals surface area contributed by atoms with Crippen LogP contribution in [-0.4, -0.2) is 31.1 Å². The van der Waals surface area contributed by atoms with Crippen LogP contribution in [0.1, 0.15) is 6.42 Å². The molecular formula is C12H14ClN3O4. The fourth-order valence-corrected chi connectivity index (χ4v) is 1.90. The molecule has 8 heteroatoms. The fourth-order valence-electron chi connectivity index (χ4n) is 1.69. The lowest BCUT2D eigenvalue weighted by molar-refractivity contribution is -0.123. The van der Waals surface area contributed by atoms with Crippen LogP contribution >= 0.6 is 11.6 Å². The van der Waals surface area contributed by atoms with Crippen molar-refractivity contribution in [2.75, 3.05) is 18.5 Å². The molecule has 1 unspecified atom stereocenters. The standard InChI is InChI=1S/C12H14ClN3O4/c13-6-3-9-10(20-2-1-19-9)5-8(6)16-12(18)7(14)4-11(15)17/h3,5,7H,1-2,4,14H2,(H2,15,17)(H,16,18). The molecule has 108 valence electrons. The van der Waals surface area contributed by atoms with Crippen molar-refractivity contribution in [2.24, 2.45) is 11.5 Å². The van der Waals surface area contributed by atoms with Crippen LogP contribution < -0.4 is 26.3 Å². The summed E-state index contributed by atoms with van der Waals surface area (Å²) in [5, 5.41) is 2.81. The van der Waals surface area contributed by atoms with Crippen molar-refractivity contribution < 1.29 is 19.1 Å². The van der Waals surface area contributed by atoms with Gasteiger partial charge in [-0.05, 0) is 0 Å². The second-order valence-corrected chi connectivity index (χ2v) is 4.65. The number of rotatable bonds is 4. The first-order chi connectivity index (χ1) is 9.47. The van der Waals surface area contributed by atoms with Crippen molar-refractivity contribution in [1.82, 2.24) is 0 Å². The van der Waals surface area contributed by atoms with Gasteiger partial charge in [-0.1, -0.05) is 11.6 Å². The van der Waals surface area contributed by atoms with Crippen LogP contribution in [0.25, 0.3) is 0 Å². The van der Waals surface area contributed by atoms with Crippen LogP contribution in [0.4, 0.5) is 5.69 Å². The molecule has 0 bridgehead atoms. The van der Waals surface area contributed by atoms with Gasteiger partial charge in [-0.15, -0.1) is 0 Å². The maximum absolute atomic E-state index is 11.8. The molecule has 1 atom stereocenters. The number of nitrogens with two attached hydrogens (primary N) is 2. The van der Waals surface area contributed by atoms with E-state index in [0.29, 0.717) is 30.4 Å². The van der Waals surface area contributed by atoms with E-state index in [0.717, 1.165) is 0 Å². The van der Waals surface area contributed by atoms with E-state index in [9.17, 15) is 9.59 Å². The minimum atomic E-state index is -1.03. The number of hydrogen-bond donors (Lipinski definition) is 3. The summed E-state index contributed by atoms with van der Waals surface area (Å²) in [6.45, 7) is 0.863. The molecule has 0 aromatic heterocycles. The molecule has 2 amide bonds. The van der Waals surface area contributed by atoms with Gasteiger partial charge in [0.05, 0.1) is 23.2 Å². The number of halogens is 1. The largest absolute Gasteiger partial charge is 0.486 e. The van der Waals surface area contributed by atoms with E-state index in [4.69, 9.17) is 32.5 Å². The van der Waals surface area contributed by atoms with Crippen LogP contribution in [0, 0.1) is 0 Å². The van der Waals surface area contributed by atoms with Crippen molar-refractivity contribution >= 4 is 29.1 Å². The number of amides is 2. The van der Waals surface area contributed by atoms with E-state index in [1.165, 1.54) is 0 Å². The SMILES string of the molecule is NC(=O)CC(N)C(=O)Nc1cc2c(cc1Cl)OCCO2. The van der Waals surface area contributed by atoms with Gasteiger partial charge in [0.1, 0.15) is 13.2 Å². The molecule has 1 aliphatic heterocycles. The second-order valence-electron chi connectivity index (χ2n) is 4.24. The number of ether oxygens (including phenoxy) is 2. The van der Waals surface area contributed by atoms with Gasteiger partial charge >= 0.3 is 0 Å². The van der Waals surface area contributed by atoms with Gasteiger partial charge in [-0.25, -0.2) is 0 Å².